The summed E-state index contributed by atoms with van der Waals surface area (Å²) in [6.45, 7) is 0. The minimum absolute atomic E-state index is 0.311. The summed E-state index contributed by atoms with van der Waals surface area (Å²) in [6, 6.07) is -0.937. The van der Waals surface area contributed by atoms with Gasteiger partial charge in [-0.2, -0.15) is 9.07 Å². The van der Waals surface area contributed by atoms with Gasteiger partial charge >= 0.3 is 6.03 Å². The van der Waals surface area contributed by atoms with Gasteiger partial charge < -0.3 is 0 Å². The molecular weight excluding hydrogens is 297 g/mol. The molecule has 0 unspecified atom stereocenters. The first kappa shape index (κ1) is 12.2. The Kier molecular flexibility index (Phi) is 3.02. The third-order valence-corrected chi connectivity index (χ3v) is 2.22. The molecule has 0 aromatic carbocycles. The van der Waals surface area contributed by atoms with Gasteiger partial charge in [-0.15, -0.1) is 14.9 Å². The number of carbonyl (C=O) groups is 1. The maximum Gasteiger partial charge on any atom is 0.374 e. The Balaban J connectivity index is 2.42. The van der Waals surface area contributed by atoms with Crippen LogP contribution in [-0.4, -0.2) is 36.0 Å². The number of alkyl halides is 3. The van der Waals surface area contributed by atoms with E-state index in [1.807, 2.05) is 0 Å². The minimum atomic E-state index is -2.11. The van der Waals surface area contributed by atoms with Crippen LogP contribution in [0.4, 0.5) is 9.18 Å². The molecule has 17 heavy (non-hydrogen) atoms. The monoisotopic (exact) mass is 298 g/mol. The van der Waals surface area contributed by atoms with Crippen molar-refractivity contribution in [3.05, 3.63) is 24.0 Å². The lowest BCUT2D eigenvalue weighted by Crippen LogP contribution is -2.23. The van der Waals surface area contributed by atoms with Crippen molar-refractivity contribution in [3.8, 4) is 0 Å². The van der Waals surface area contributed by atoms with Gasteiger partial charge in [0.25, 0.3) is 0 Å². The topological polar surface area (TPSA) is 78.5 Å². The van der Waals surface area contributed by atoms with Crippen LogP contribution in [0.15, 0.2) is 12.4 Å². The summed E-state index contributed by atoms with van der Waals surface area (Å²) >= 11 is 16.3. The summed E-state index contributed by atoms with van der Waals surface area (Å²) in [5.74, 6) is -1.18. The van der Waals surface area contributed by atoms with Crippen molar-refractivity contribution >= 4 is 40.8 Å². The van der Waals surface area contributed by atoms with Gasteiger partial charge in [0, 0.05) is 0 Å². The van der Waals surface area contributed by atoms with Gasteiger partial charge in [0.05, 0.1) is 12.4 Å². The first-order valence-electron chi connectivity index (χ1n) is 4.00. The molecule has 2 rings (SSSR count). The SMILES string of the molecule is O=C(n1ccnn1)n1nnc(C(Cl)(Cl)Cl)c1F. The van der Waals surface area contributed by atoms with Crippen LogP contribution in [-0.2, 0) is 3.79 Å². The Morgan fingerprint density at radius 3 is 2.53 bits per heavy atom. The van der Waals surface area contributed by atoms with Crippen molar-refractivity contribution in [2.24, 2.45) is 0 Å². The second-order valence-electron chi connectivity index (χ2n) is 2.77. The summed E-state index contributed by atoms with van der Waals surface area (Å²) in [5.41, 5.74) is -0.573. The largest absolute Gasteiger partial charge is 0.374 e. The van der Waals surface area contributed by atoms with Crippen LogP contribution in [0.2, 0.25) is 0 Å². The zero-order chi connectivity index (χ0) is 12.6. The molecule has 0 atom stereocenters. The first-order valence-corrected chi connectivity index (χ1v) is 5.14. The molecule has 7 nitrogen and oxygen atoms in total. The van der Waals surface area contributed by atoms with E-state index in [0.29, 0.717) is 4.68 Å². The highest BCUT2D eigenvalue weighted by Crippen LogP contribution is 2.37. The summed E-state index contributed by atoms with van der Waals surface area (Å²) in [5, 5.41) is 13.3. The summed E-state index contributed by atoms with van der Waals surface area (Å²) in [7, 11) is 0. The zero-order valence-corrected chi connectivity index (χ0v) is 10.0. The van der Waals surface area contributed by atoms with Gasteiger partial charge in [0.2, 0.25) is 9.74 Å². The standard InChI is InChI=1S/C6H2Cl3FN6O/c7-6(8,9)3-4(10)16(14-12-3)5(17)15-2-1-11-13-15/h1-2H. The number of nitrogens with zero attached hydrogens (tertiary/aromatic N) is 6. The van der Waals surface area contributed by atoms with Gasteiger partial charge in [0.1, 0.15) is 0 Å². The van der Waals surface area contributed by atoms with Crippen LogP contribution in [0.5, 0.6) is 0 Å². The highest BCUT2D eigenvalue weighted by molar-refractivity contribution is 6.66. The molecule has 0 saturated heterocycles. The third-order valence-electron chi connectivity index (χ3n) is 1.68. The second-order valence-corrected chi connectivity index (χ2v) is 5.05. The maximum absolute atomic E-state index is 13.7. The maximum atomic E-state index is 13.7. The van der Waals surface area contributed by atoms with E-state index in [-0.39, 0.29) is 0 Å². The van der Waals surface area contributed by atoms with Crippen LogP contribution in [0.1, 0.15) is 5.69 Å². The Morgan fingerprint density at radius 2 is 2.06 bits per heavy atom. The molecule has 2 heterocycles. The highest BCUT2D eigenvalue weighted by atomic mass is 35.6. The Morgan fingerprint density at radius 1 is 1.35 bits per heavy atom. The van der Waals surface area contributed by atoms with E-state index >= 15 is 0 Å². The quantitative estimate of drug-likeness (QED) is 0.686. The molecule has 0 bridgehead atoms. The normalized spacial score (nSPS) is 11.8. The summed E-state index contributed by atoms with van der Waals surface area (Å²) in [6.07, 6.45) is 2.45. The first-order chi connectivity index (χ1) is 7.91. The van der Waals surface area contributed by atoms with E-state index in [2.05, 4.69) is 20.6 Å². The van der Waals surface area contributed by atoms with Crippen molar-refractivity contribution in [2.45, 2.75) is 3.79 Å². The average Bonchev–Trinajstić information content (AvgIpc) is 2.83. The van der Waals surface area contributed by atoms with Crippen molar-refractivity contribution in [3.63, 3.8) is 0 Å². The van der Waals surface area contributed by atoms with Gasteiger partial charge in [-0.05, 0) is 0 Å². The molecule has 0 aliphatic rings. The van der Waals surface area contributed by atoms with Crippen molar-refractivity contribution in [1.29, 1.82) is 0 Å². The van der Waals surface area contributed by atoms with E-state index in [9.17, 15) is 9.18 Å². The van der Waals surface area contributed by atoms with E-state index in [1.165, 1.54) is 12.4 Å². The predicted molar refractivity (Wildman–Crippen MR) is 55.4 cm³/mol. The molecule has 0 aliphatic carbocycles. The van der Waals surface area contributed by atoms with Crippen LogP contribution in [0.3, 0.4) is 0 Å². The van der Waals surface area contributed by atoms with Crippen LogP contribution in [0.25, 0.3) is 0 Å². The molecule has 90 valence electrons. The van der Waals surface area contributed by atoms with Crippen molar-refractivity contribution in [1.82, 2.24) is 30.0 Å². The van der Waals surface area contributed by atoms with E-state index in [0.717, 1.165) is 4.68 Å². The van der Waals surface area contributed by atoms with Gasteiger partial charge in [-0.3, -0.25) is 0 Å². The fourth-order valence-corrected chi connectivity index (χ4v) is 1.32. The van der Waals surface area contributed by atoms with Crippen LogP contribution < -0.4 is 0 Å². The summed E-state index contributed by atoms with van der Waals surface area (Å²) in [4.78, 5) is 11.6. The summed E-state index contributed by atoms with van der Waals surface area (Å²) < 4.78 is 12.6. The van der Waals surface area contributed by atoms with Crippen LogP contribution in [0, 0.1) is 5.95 Å². The number of hydrogen-bond donors (Lipinski definition) is 0. The number of aromatic nitrogens is 6. The molecule has 0 radical (unpaired) electrons. The second kappa shape index (κ2) is 4.21. The molecule has 0 fully saturated rings. The highest BCUT2D eigenvalue weighted by Gasteiger charge is 2.34. The Labute approximate surface area is 108 Å². The predicted octanol–water partition coefficient (Wildman–Crippen LogP) is 1.35. The molecule has 0 aliphatic heterocycles. The van der Waals surface area contributed by atoms with Crippen molar-refractivity contribution in [2.75, 3.05) is 0 Å². The minimum Gasteiger partial charge on any atom is -0.243 e. The lowest BCUT2D eigenvalue weighted by atomic mass is 10.5. The molecule has 0 amide bonds. The number of hydrogen-bond acceptors (Lipinski definition) is 5. The molecule has 2 aromatic rings. The fourth-order valence-electron chi connectivity index (χ4n) is 0.973. The smallest absolute Gasteiger partial charge is 0.243 e. The van der Waals surface area contributed by atoms with E-state index in [1.54, 1.807) is 0 Å². The molecule has 2 aromatic heterocycles. The Hall–Kier alpha value is -1.25. The number of rotatable bonds is 0. The fraction of sp³-hybridized carbons (Fsp3) is 0.167. The number of carbonyl (C=O) groups excluding carboxylic acids is 1. The van der Waals surface area contributed by atoms with Crippen LogP contribution >= 0.6 is 34.8 Å². The van der Waals surface area contributed by atoms with E-state index < -0.39 is 21.5 Å². The van der Waals surface area contributed by atoms with E-state index in [4.69, 9.17) is 34.8 Å². The van der Waals surface area contributed by atoms with Crippen molar-refractivity contribution < 1.29 is 9.18 Å². The average molecular weight is 299 g/mol. The lowest BCUT2D eigenvalue weighted by molar-refractivity contribution is 0.233. The zero-order valence-electron chi connectivity index (χ0n) is 7.76. The van der Waals surface area contributed by atoms with Gasteiger partial charge in [0.15, 0.2) is 5.69 Å². The van der Waals surface area contributed by atoms with Gasteiger partial charge in [-0.25, -0.2) is 4.79 Å². The molecule has 11 heteroatoms. The Bertz CT molecular complexity index is 547. The number of halogens is 4. The van der Waals surface area contributed by atoms with Gasteiger partial charge in [-0.1, -0.05) is 45.2 Å². The molecule has 0 N–H and O–H groups in total. The third kappa shape index (κ3) is 2.24. The molecule has 0 spiro atoms. The molecular formula is C6H2Cl3FN6O. The lowest BCUT2D eigenvalue weighted by Gasteiger charge is -2.05. The molecule has 0 saturated carbocycles.